The molecule has 0 spiro atoms. The van der Waals surface area contributed by atoms with Crippen LogP contribution in [-0.4, -0.2) is 0 Å². The van der Waals surface area contributed by atoms with Gasteiger partial charge in [0.15, 0.2) is 11.6 Å². The van der Waals surface area contributed by atoms with Gasteiger partial charge in [0.1, 0.15) is 0 Å². The van der Waals surface area contributed by atoms with Gasteiger partial charge in [-0.3, -0.25) is 0 Å². The van der Waals surface area contributed by atoms with E-state index < -0.39 is 11.6 Å². The number of anilines is 1. The minimum Gasteiger partial charge on any atom is -0.399 e. The monoisotopic (exact) mass is 251 g/mol. The SMILES string of the molecule is Nc1ccc(SCc2ccc(F)c(F)c2)cc1. The van der Waals surface area contributed by atoms with Crippen molar-refractivity contribution in [2.75, 3.05) is 5.73 Å². The van der Waals surface area contributed by atoms with E-state index in [1.165, 1.54) is 6.07 Å². The third-order valence-electron chi connectivity index (χ3n) is 2.27. The number of nitrogen functional groups attached to an aromatic ring is 1. The number of nitrogens with two attached hydrogens (primary N) is 1. The molecular weight excluding hydrogens is 240 g/mol. The fraction of sp³-hybridized carbons (Fsp3) is 0.0769. The van der Waals surface area contributed by atoms with Gasteiger partial charge in [-0.15, -0.1) is 11.8 Å². The van der Waals surface area contributed by atoms with E-state index in [0.29, 0.717) is 11.4 Å². The van der Waals surface area contributed by atoms with Crippen LogP contribution >= 0.6 is 11.8 Å². The minimum absolute atomic E-state index is 0.598. The average Bonchev–Trinajstić information content (AvgIpc) is 2.33. The van der Waals surface area contributed by atoms with Gasteiger partial charge in [-0.2, -0.15) is 0 Å². The second-order valence-corrected chi connectivity index (χ2v) is 4.65. The van der Waals surface area contributed by atoms with E-state index in [9.17, 15) is 8.78 Å². The third kappa shape index (κ3) is 3.20. The predicted molar refractivity (Wildman–Crippen MR) is 66.8 cm³/mol. The zero-order chi connectivity index (χ0) is 12.3. The molecule has 0 amide bonds. The second kappa shape index (κ2) is 5.19. The van der Waals surface area contributed by atoms with Crippen LogP contribution in [0.15, 0.2) is 47.4 Å². The van der Waals surface area contributed by atoms with E-state index >= 15 is 0 Å². The Bertz CT molecular complexity index is 511. The molecule has 0 aliphatic carbocycles. The smallest absolute Gasteiger partial charge is 0.159 e. The molecular formula is C13H11F2NS. The Morgan fingerprint density at radius 3 is 2.29 bits per heavy atom. The lowest BCUT2D eigenvalue weighted by molar-refractivity contribution is 0.507. The van der Waals surface area contributed by atoms with E-state index in [1.807, 2.05) is 24.3 Å². The number of rotatable bonds is 3. The van der Waals surface area contributed by atoms with E-state index in [1.54, 1.807) is 17.8 Å². The first-order valence-corrected chi connectivity index (χ1v) is 6.06. The van der Waals surface area contributed by atoms with Gasteiger partial charge in [0.2, 0.25) is 0 Å². The summed E-state index contributed by atoms with van der Waals surface area (Å²) in [7, 11) is 0. The second-order valence-electron chi connectivity index (χ2n) is 3.61. The fourth-order valence-electron chi connectivity index (χ4n) is 1.36. The largest absolute Gasteiger partial charge is 0.399 e. The molecule has 0 saturated heterocycles. The lowest BCUT2D eigenvalue weighted by atomic mass is 10.2. The van der Waals surface area contributed by atoms with Crippen molar-refractivity contribution < 1.29 is 8.78 Å². The average molecular weight is 251 g/mol. The summed E-state index contributed by atoms with van der Waals surface area (Å²) >= 11 is 1.55. The summed E-state index contributed by atoms with van der Waals surface area (Å²) in [5.74, 6) is -1.02. The molecule has 0 radical (unpaired) electrons. The van der Waals surface area contributed by atoms with E-state index in [-0.39, 0.29) is 0 Å². The standard InChI is InChI=1S/C13H11F2NS/c14-12-6-1-9(7-13(12)15)8-17-11-4-2-10(16)3-5-11/h1-7H,8,16H2. The van der Waals surface area contributed by atoms with Crippen LogP contribution in [0.3, 0.4) is 0 Å². The summed E-state index contributed by atoms with van der Waals surface area (Å²) < 4.78 is 25.7. The van der Waals surface area contributed by atoms with Crippen molar-refractivity contribution in [1.29, 1.82) is 0 Å². The molecule has 0 aliphatic rings. The molecule has 4 heteroatoms. The first-order valence-electron chi connectivity index (χ1n) is 5.07. The van der Waals surface area contributed by atoms with Crippen LogP contribution in [0.2, 0.25) is 0 Å². The van der Waals surface area contributed by atoms with Crippen LogP contribution in [0.25, 0.3) is 0 Å². The van der Waals surface area contributed by atoms with Gasteiger partial charge in [-0.05, 0) is 42.0 Å². The molecule has 0 heterocycles. The molecule has 0 saturated carbocycles. The quantitative estimate of drug-likeness (QED) is 0.662. The Kier molecular flexibility index (Phi) is 3.64. The van der Waals surface area contributed by atoms with Crippen LogP contribution in [0.5, 0.6) is 0 Å². The van der Waals surface area contributed by atoms with Crippen LogP contribution in [0.1, 0.15) is 5.56 Å². The molecule has 2 N–H and O–H groups in total. The molecule has 1 nitrogen and oxygen atoms in total. The van der Waals surface area contributed by atoms with Gasteiger partial charge in [-0.1, -0.05) is 6.07 Å². The molecule has 0 atom stereocenters. The van der Waals surface area contributed by atoms with Crippen molar-refractivity contribution in [1.82, 2.24) is 0 Å². The number of benzene rings is 2. The maximum absolute atomic E-state index is 13.0. The Morgan fingerprint density at radius 1 is 0.941 bits per heavy atom. The molecule has 2 aromatic rings. The Hall–Kier alpha value is -1.55. The topological polar surface area (TPSA) is 26.0 Å². The first kappa shape index (κ1) is 11.9. The van der Waals surface area contributed by atoms with Crippen LogP contribution in [0.4, 0.5) is 14.5 Å². The maximum atomic E-state index is 13.0. The molecule has 0 aliphatic heterocycles. The fourth-order valence-corrected chi connectivity index (χ4v) is 2.20. The molecule has 2 rings (SSSR count). The molecule has 88 valence electrons. The van der Waals surface area contributed by atoms with Crippen molar-refractivity contribution in [2.24, 2.45) is 0 Å². The van der Waals surface area contributed by atoms with Crippen molar-refractivity contribution in [3.05, 3.63) is 59.7 Å². The molecule has 2 aromatic carbocycles. The first-order chi connectivity index (χ1) is 8.15. The van der Waals surface area contributed by atoms with Gasteiger partial charge in [-0.25, -0.2) is 8.78 Å². The Labute approximate surface area is 103 Å². The summed E-state index contributed by atoms with van der Waals surface area (Å²) in [4.78, 5) is 1.05. The van der Waals surface area contributed by atoms with Gasteiger partial charge in [0.25, 0.3) is 0 Å². The normalized spacial score (nSPS) is 10.5. The Morgan fingerprint density at radius 2 is 1.65 bits per heavy atom. The van der Waals surface area contributed by atoms with Crippen molar-refractivity contribution in [3.63, 3.8) is 0 Å². The van der Waals surface area contributed by atoms with Gasteiger partial charge < -0.3 is 5.73 Å². The van der Waals surface area contributed by atoms with Gasteiger partial charge in [0.05, 0.1) is 0 Å². The Balaban J connectivity index is 2.02. The van der Waals surface area contributed by atoms with Crippen LogP contribution in [0, 0.1) is 11.6 Å². The molecule has 0 unspecified atom stereocenters. The molecule has 0 bridgehead atoms. The molecule has 0 fully saturated rings. The number of halogens is 2. The summed E-state index contributed by atoms with van der Waals surface area (Å²) in [5, 5.41) is 0. The van der Waals surface area contributed by atoms with Gasteiger partial charge >= 0.3 is 0 Å². The zero-order valence-corrected chi connectivity index (χ0v) is 9.81. The number of hydrogen-bond donors (Lipinski definition) is 1. The summed E-state index contributed by atoms with van der Waals surface area (Å²) in [6.07, 6.45) is 0. The lowest BCUT2D eigenvalue weighted by Crippen LogP contribution is -1.87. The van der Waals surface area contributed by atoms with Crippen molar-refractivity contribution >= 4 is 17.4 Å². The minimum atomic E-state index is -0.814. The molecule has 17 heavy (non-hydrogen) atoms. The van der Waals surface area contributed by atoms with Gasteiger partial charge in [0, 0.05) is 16.3 Å². The van der Waals surface area contributed by atoms with E-state index in [2.05, 4.69) is 0 Å². The summed E-state index contributed by atoms with van der Waals surface area (Å²) in [6.45, 7) is 0. The number of hydrogen-bond acceptors (Lipinski definition) is 2. The maximum Gasteiger partial charge on any atom is 0.159 e. The highest BCUT2D eigenvalue weighted by Crippen LogP contribution is 2.24. The predicted octanol–water partition coefficient (Wildman–Crippen LogP) is 3.84. The van der Waals surface area contributed by atoms with E-state index in [4.69, 9.17) is 5.73 Å². The van der Waals surface area contributed by atoms with Crippen molar-refractivity contribution in [3.8, 4) is 0 Å². The highest BCUT2D eigenvalue weighted by atomic mass is 32.2. The van der Waals surface area contributed by atoms with E-state index in [0.717, 1.165) is 16.5 Å². The molecule has 0 aromatic heterocycles. The highest BCUT2D eigenvalue weighted by Gasteiger charge is 2.03. The van der Waals surface area contributed by atoms with Crippen molar-refractivity contribution in [2.45, 2.75) is 10.6 Å². The third-order valence-corrected chi connectivity index (χ3v) is 3.35. The number of thioether (sulfide) groups is 1. The summed E-state index contributed by atoms with van der Waals surface area (Å²) in [5.41, 5.74) is 7.04. The lowest BCUT2D eigenvalue weighted by Gasteiger charge is -2.03. The van der Waals surface area contributed by atoms with Crippen LogP contribution in [-0.2, 0) is 5.75 Å². The summed E-state index contributed by atoms with van der Waals surface area (Å²) in [6, 6.07) is 11.4. The highest BCUT2D eigenvalue weighted by molar-refractivity contribution is 7.98. The zero-order valence-electron chi connectivity index (χ0n) is 8.99. The van der Waals surface area contributed by atoms with Crippen LogP contribution < -0.4 is 5.73 Å².